The van der Waals surface area contributed by atoms with Gasteiger partial charge in [-0.05, 0) is 59.3 Å². The van der Waals surface area contributed by atoms with Gasteiger partial charge in [0, 0.05) is 23.6 Å². The van der Waals surface area contributed by atoms with Crippen LogP contribution in [-0.4, -0.2) is 23.4 Å². The second-order valence-electron chi connectivity index (χ2n) is 10.3. The van der Waals surface area contributed by atoms with E-state index in [2.05, 4.69) is 13.8 Å². The molecule has 2 aliphatic heterocycles. The zero-order valence-electron chi connectivity index (χ0n) is 21.9. The highest BCUT2D eigenvalue weighted by Crippen LogP contribution is 2.48. The molecule has 0 unspecified atom stereocenters. The summed E-state index contributed by atoms with van der Waals surface area (Å²) in [4.78, 5) is 40.0. The van der Waals surface area contributed by atoms with E-state index in [1.54, 1.807) is 42.0 Å². The fraction of sp³-hybridized carbons (Fsp3) is 0.219. The summed E-state index contributed by atoms with van der Waals surface area (Å²) in [7, 11) is 1.59. The Bertz CT molecular complexity index is 1730. The number of aromatic nitrogens is 1. The number of benzene rings is 3. The first-order valence-corrected chi connectivity index (χ1v) is 12.9. The molecule has 0 fully saturated rings. The van der Waals surface area contributed by atoms with Crippen molar-refractivity contribution in [3.63, 3.8) is 0 Å². The van der Waals surface area contributed by atoms with E-state index in [9.17, 15) is 14.4 Å². The van der Waals surface area contributed by atoms with Crippen LogP contribution >= 0.6 is 0 Å². The van der Waals surface area contributed by atoms with Crippen molar-refractivity contribution in [1.29, 1.82) is 0 Å². The lowest BCUT2D eigenvalue weighted by Gasteiger charge is -2.27. The molecule has 0 N–H and O–H groups in total. The maximum absolute atomic E-state index is 13.9. The molecule has 0 aliphatic carbocycles. The quantitative estimate of drug-likeness (QED) is 0.190. The molecule has 0 radical (unpaired) electrons. The van der Waals surface area contributed by atoms with Crippen LogP contribution in [0.1, 0.15) is 53.2 Å². The molecule has 6 rings (SSSR count). The molecule has 196 valence electrons. The molecular formula is C32H27NO6. The number of pyridine rings is 1. The van der Waals surface area contributed by atoms with Gasteiger partial charge in [-0.1, -0.05) is 44.2 Å². The lowest BCUT2D eigenvalue weighted by atomic mass is 9.84. The van der Waals surface area contributed by atoms with Gasteiger partial charge in [0.1, 0.15) is 17.2 Å². The molecule has 3 heterocycles. The summed E-state index contributed by atoms with van der Waals surface area (Å²) in [6, 6.07) is 20.1. The number of allylic oxidation sites excluding steroid dienone is 1. The van der Waals surface area contributed by atoms with Crippen molar-refractivity contribution >= 4 is 28.7 Å². The van der Waals surface area contributed by atoms with E-state index in [-0.39, 0.29) is 29.4 Å². The molecule has 0 saturated carbocycles. The van der Waals surface area contributed by atoms with Gasteiger partial charge in [-0.15, -0.1) is 0 Å². The van der Waals surface area contributed by atoms with Crippen LogP contribution in [0.2, 0.25) is 0 Å². The Kier molecular flexibility index (Phi) is 6.06. The van der Waals surface area contributed by atoms with E-state index in [4.69, 9.17) is 14.2 Å². The molecule has 0 saturated heterocycles. The van der Waals surface area contributed by atoms with Gasteiger partial charge >= 0.3 is 5.97 Å². The highest BCUT2D eigenvalue weighted by atomic mass is 16.5. The minimum atomic E-state index is -0.625. The van der Waals surface area contributed by atoms with Crippen molar-refractivity contribution in [1.82, 2.24) is 4.57 Å². The zero-order chi connectivity index (χ0) is 27.3. The number of carbonyl (C=O) groups is 2. The number of para-hydroxylation sites is 1. The Morgan fingerprint density at radius 2 is 1.77 bits per heavy atom. The van der Waals surface area contributed by atoms with Crippen LogP contribution in [0.15, 0.2) is 77.3 Å². The van der Waals surface area contributed by atoms with Crippen molar-refractivity contribution in [3.05, 3.63) is 105 Å². The van der Waals surface area contributed by atoms with Gasteiger partial charge in [-0.2, -0.15) is 0 Å². The third kappa shape index (κ3) is 4.30. The molecular weight excluding hydrogens is 494 g/mol. The molecule has 0 bridgehead atoms. The van der Waals surface area contributed by atoms with Crippen LogP contribution in [0.3, 0.4) is 0 Å². The number of hydrogen-bond donors (Lipinski definition) is 0. The number of Topliss-reactive ketones (excluding diaryl/α,β-unsaturated/α-hetero) is 1. The Morgan fingerprint density at radius 3 is 2.51 bits per heavy atom. The van der Waals surface area contributed by atoms with Crippen molar-refractivity contribution in [2.24, 2.45) is 5.92 Å². The van der Waals surface area contributed by atoms with Crippen LogP contribution in [0, 0.1) is 5.92 Å². The molecule has 1 aromatic heterocycles. The van der Waals surface area contributed by atoms with Crippen LogP contribution in [0.4, 0.5) is 0 Å². The van der Waals surface area contributed by atoms with Gasteiger partial charge < -0.3 is 18.8 Å². The number of ether oxygens (including phenoxy) is 3. The van der Waals surface area contributed by atoms with E-state index in [0.29, 0.717) is 40.5 Å². The zero-order valence-corrected chi connectivity index (χ0v) is 21.9. The molecule has 7 nitrogen and oxygen atoms in total. The second kappa shape index (κ2) is 9.58. The molecule has 39 heavy (non-hydrogen) atoms. The maximum Gasteiger partial charge on any atom is 0.312 e. The summed E-state index contributed by atoms with van der Waals surface area (Å²) in [6.45, 7) is 4.65. The standard InChI is InChI=1S/C32H27NO6/c1-18(2)17-33-25-7-5-4-6-20(25)15-24(32(33)36)23-16-28(34)38-26-13-12-22-30(35)27(39-31(22)29(23)26)14-19-8-10-21(37-3)11-9-19/h4-15,18,23H,16-17H2,1-3H3/b27-14-/t23-/m0/s1. The number of hydrogen-bond acceptors (Lipinski definition) is 6. The number of methoxy groups -OCH3 is 1. The summed E-state index contributed by atoms with van der Waals surface area (Å²) >= 11 is 0. The Morgan fingerprint density at radius 1 is 1.00 bits per heavy atom. The van der Waals surface area contributed by atoms with E-state index >= 15 is 0 Å². The Balaban J connectivity index is 1.50. The molecule has 7 heteroatoms. The highest BCUT2D eigenvalue weighted by Gasteiger charge is 2.39. The van der Waals surface area contributed by atoms with Crippen LogP contribution in [0.5, 0.6) is 17.2 Å². The topological polar surface area (TPSA) is 83.8 Å². The van der Waals surface area contributed by atoms with Gasteiger partial charge in [-0.25, -0.2) is 0 Å². The van der Waals surface area contributed by atoms with Gasteiger partial charge in [0.05, 0.1) is 24.6 Å². The third-order valence-electron chi connectivity index (χ3n) is 7.15. The van der Waals surface area contributed by atoms with E-state index in [1.807, 2.05) is 42.5 Å². The Labute approximate surface area is 225 Å². The number of rotatable bonds is 5. The van der Waals surface area contributed by atoms with Crippen molar-refractivity contribution < 1.29 is 23.8 Å². The van der Waals surface area contributed by atoms with Gasteiger partial charge in [-0.3, -0.25) is 14.4 Å². The fourth-order valence-corrected chi connectivity index (χ4v) is 5.37. The summed E-state index contributed by atoms with van der Waals surface area (Å²) < 4.78 is 18.7. The molecule has 4 aromatic rings. The lowest BCUT2D eigenvalue weighted by molar-refractivity contribution is -0.135. The fourth-order valence-electron chi connectivity index (χ4n) is 5.37. The summed E-state index contributed by atoms with van der Waals surface area (Å²) in [5.41, 5.74) is 2.85. The number of nitrogens with zero attached hydrogens (tertiary/aromatic N) is 1. The molecule has 0 amide bonds. The number of esters is 1. The number of fused-ring (bicyclic) bond motifs is 4. The minimum absolute atomic E-state index is 0.0339. The number of ketones is 1. The predicted molar refractivity (Wildman–Crippen MR) is 148 cm³/mol. The van der Waals surface area contributed by atoms with Crippen LogP contribution in [0.25, 0.3) is 17.0 Å². The minimum Gasteiger partial charge on any atom is -0.497 e. The first-order chi connectivity index (χ1) is 18.8. The van der Waals surface area contributed by atoms with Crippen molar-refractivity contribution in [3.8, 4) is 17.2 Å². The highest BCUT2D eigenvalue weighted by molar-refractivity contribution is 6.15. The monoisotopic (exact) mass is 521 g/mol. The SMILES string of the molecule is COc1ccc(/C=C2\Oc3c(ccc4c3[C@H](c3cc5ccccc5n(CC(C)C)c3=O)CC(=O)O4)C2=O)cc1. The van der Waals surface area contributed by atoms with Gasteiger partial charge in [0.2, 0.25) is 5.78 Å². The largest absolute Gasteiger partial charge is 0.497 e. The Hall–Kier alpha value is -4.65. The summed E-state index contributed by atoms with van der Waals surface area (Å²) in [6.07, 6.45) is 1.64. The third-order valence-corrected chi connectivity index (χ3v) is 7.15. The predicted octanol–water partition coefficient (Wildman–Crippen LogP) is 5.72. The van der Waals surface area contributed by atoms with Crippen molar-refractivity contribution in [2.75, 3.05) is 7.11 Å². The van der Waals surface area contributed by atoms with Gasteiger partial charge in [0.15, 0.2) is 5.76 Å². The molecule has 0 spiro atoms. The van der Waals surface area contributed by atoms with E-state index in [1.165, 1.54) is 0 Å². The summed E-state index contributed by atoms with van der Waals surface area (Å²) in [5, 5.41) is 0.901. The average molecular weight is 522 g/mol. The lowest BCUT2D eigenvalue weighted by Crippen LogP contribution is -2.31. The van der Waals surface area contributed by atoms with E-state index < -0.39 is 11.9 Å². The number of carbonyl (C=O) groups excluding carboxylic acids is 2. The smallest absolute Gasteiger partial charge is 0.312 e. The van der Waals surface area contributed by atoms with Crippen LogP contribution in [-0.2, 0) is 11.3 Å². The first-order valence-electron chi connectivity index (χ1n) is 12.9. The van der Waals surface area contributed by atoms with Crippen LogP contribution < -0.4 is 19.8 Å². The van der Waals surface area contributed by atoms with Gasteiger partial charge in [0.25, 0.3) is 5.56 Å². The van der Waals surface area contributed by atoms with E-state index in [0.717, 1.165) is 16.5 Å². The maximum atomic E-state index is 13.9. The normalized spacial score (nSPS) is 17.2. The molecule has 3 aromatic carbocycles. The average Bonchev–Trinajstić information content (AvgIpc) is 3.24. The van der Waals surface area contributed by atoms with Crippen molar-refractivity contribution in [2.45, 2.75) is 32.7 Å². The second-order valence-corrected chi connectivity index (χ2v) is 10.3. The summed E-state index contributed by atoms with van der Waals surface area (Å²) in [5.74, 6) is 0.407. The first kappa shape index (κ1) is 24.7. The molecule has 2 aliphatic rings. The molecule has 1 atom stereocenters.